The first-order valence-corrected chi connectivity index (χ1v) is 9.73. The van der Waals surface area contributed by atoms with Gasteiger partial charge in [0.25, 0.3) is 0 Å². The highest BCUT2D eigenvalue weighted by Crippen LogP contribution is 2.27. The first-order valence-electron chi connectivity index (χ1n) is 9.73. The lowest BCUT2D eigenvalue weighted by molar-refractivity contribution is -0.124. The van der Waals surface area contributed by atoms with Crippen molar-refractivity contribution in [3.63, 3.8) is 0 Å². The Bertz CT molecular complexity index is 841. The van der Waals surface area contributed by atoms with Gasteiger partial charge in [0.2, 0.25) is 5.91 Å². The molecule has 3 rings (SSSR count). The second kappa shape index (κ2) is 9.82. The summed E-state index contributed by atoms with van der Waals surface area (Å²) in [5, 5.41) is 5.81. The first kappa shape index (κ1) is 20.5. The molecule has 0 aromatic heterocycles. The molecule has 0 bridgehead atoms. The molecule has 7 nitrogen and oxygen atoms in total. The van der Waals surface area contributed by atoms with Crippen molar-refractivity contribution >= 4 is 17.6 Å². The van der Waals surface area contributed by atoms with Gasteiger partial charge in [0, 0.05) is 18.8 Å². The van der Waals surface area contributed by atoms with Gasteiger partial charge < -0.3 is 25.0 Å². The number of amides is 3. The van der Waals surface area contributed by atoms with Gasteiger partial charge in [0.15, 0.2) is 11.5 Å². The van der Waals surface area contributed by atoms with Crippen molar-refractivity contribution in [2.75, 3.05) is 32.6 Å². The van der Waals surface area contributed by atoms with Gasteiger partial charge in [-0.05, 0) is 49.1 Å². The van der Waals surface area contributed by atoms with Crippen LogP contribution in [-0.4, -0.2) is 50.2 Å². The fourth-order valence-electron chi connectivity index (χ4n) is 3.48. The standard InChI is InChI=1S/C22H27N3O4/c1-28-19-11-10-16(15-20(19)29-2)12-13-23-21(26)18-9-6-14-25(18)22(27)24-17-7-4-3-5-8-17/h3-5,7-8,10-11,15,18H,6,9,12-14H2,1-2H3,(H,23,26)(H,24,27)/t18-/m0/s1. The van der Waals surface area contributed by atoms with E-state index in [2.05, 4.69) is 10.6 Å². The van der Waals surface area contributed by atoms with Gasteiger partial charge >= 0.3 is 6.03 Å². The Balaban J connectivity index is 1.52. The molecule has 2 aromatic rings. The number of benzene rings is 2. The van der Waals surface area contributed by atoms with Crippen molar-refractivity contribution in [2.45, 2.75) is 25.3 Å². The average Bonchev–Trinajstić information content (AvgIpc) is 3.24. The molecule has 2 N–H and O–H groups in total. The second-order valence-corrected chi connectivity index (χ2v) is 6.88. The maximum absolute atomic E-state index is 12.6. The van der Waals surface area contributed by atoms with E-state index in [0.717, 1.165) is 17.7 Å². The van der Waals surface area contributed by atoms with E-state index in [1.165, 1.54) is 0 Å². The van der Waals surface area contributed by atoms with Gasteiger partial charge in [-0.3, -0.25) is 4.79 Å². The van der Waals surface area contributed by atoms with Crippen molar-refractivity contribution in [2.24, 2.45) is 0 Å². The van der Waals surface area contributed by atoms with Crippen molar-refractivity contribution in [1.82, 2.24) is 10.2 Å². The Kier molecular flexibility index (Phi) is 6.94. The van der Waals surface area contributed by atoms with Crippen LogP contribution in [0, 0.1) is 0 Å². The fourth-order valence-corrected chi connectivity index (χ4v) is 3.48. The molecular weight excluding hydrogens is 370 g/mol. The van der Waals surface area contributed by atoms with Crippen LogP contribution in [0.2, 0.25) is 0 Å². The molecule has 0 radical (unpaired) electrons. The Labute approximate surface area is 171 Å². The Morgan fingerprint density at radius 2 is 1.83 bits per heavy atom. The molecule has 1 heterocycles. The molecule has 2 aromatic carbocycles. The number of hydrogen-bond donors (Lipinski definition) is 2. The molecule has 0 spiro atoms. The third-order valence-electron chi connectivity index (χ3n) is 5.00. The normalized spacial score (nSPS) is 15.7. The predicted octanol–water partition coefficient (Wildman–Crippen LogP) is 3.06. The maximum Gasteiger partial charge on any atom is 0.322 e. The monoisotopic (exact) mass is 397 g/mol. The summed E-state index contributed by atoms with van der Waals surface area (Å²) < 4.78 is 10.6. The summed E-state index contributed by atoms with van der Waals surface area (Å²) in [5.41, 5.74) is 1.75. The van der Waals surface area contributed by atoms with Crippen LogP contribution in [-0.2, 0) is 11.2 Å². The Morgan fingerprint density at radius 1 is 1.07 bits per heavy atom. The van der Waals surface area contributed by atoms with Crippen LogP contribution in [0.25, 0.3) is 0 Å². The predicted molar refractivity (Wildman–Crippen MR) is 111 cm³/mol. The van der Waals surface area contributed by atoms with Gasteiger partial charge in [-0.25, -0.2) is 4.79 Å². The van der Waals surface area contributed by atoms with Gasteiger partial charge in [0.1, 0.15) is 6.04 Å². The molecule has 154 valence electrons. The first-order chi connectivity index (χ1) is 14.1. The highest BCUT2D eigenvalue weighted by molar-refractivity contribution is 5.94. The molecule has 29 heavy (non-hydrogen) atoms. The average molecular weight is 397 g/mol. The molecule has 0 unspecified atom stereocenters. The van der Waals surface area contributed by atoms with Gasteiger partial charge in [0.05, 0.1) is 14.2 Å². The zero-order chi connectivity index (χ0) is 20.6. The van der Waals surface area contributed by atoms with Crippen LogP contribution in [0.3, 0.4) is 0 Å². The zero-order valence-corrected chi connectivity index (χ0v) is 16.8. The van der Waals surface area contributed by atoms with Crippen LogP contribution in [0.1, 0.15) is 18.4 Å². The molecule has 0 saturated carbocycles. The molecule has 1 fully saturated rings. The Hall–Kier alpha value is -3.22. The molecule has 3 amide bonds. The number of carbonyl (C=O) groups is 2. The number of anilines is 1. The highest BCUT2D eigenvalue weighted by Gasteiger charge is 2.33. The highest BCUT2D eigenvalue weighted by atomic mass is 16.5. The summed E-state index contributed by atoms with van der Waals surface area (Å²) in [6.07, 6.45) is 2.15. The van der Waals surface area contributed by atoms with Crippen molar-refractivity contribution < 1.29 is 19.1 Å². The summed E-state index contributed by atoms with van der Waals surface area (Å²) in [7, 11) is 3.19. The summed E-state index contributed by atoms with van der Waals surface area (Å²) in [5.74, 6) is 1.22. The van der Waals surface area contributed by atoms with Crippen molar-refractivity contribution in [1.29, 1.82) is 0 Å². The largest absolute Gasteiger partial charge is 0.493 e. The molecular formula is C22H27N3O4. The number of para-hydroxylation sites is 1. The third-order valence-corrected chi connectivity index (χ3v) is 5.00. The van der Waals surface area contributed by atoms with Crippen molar-refractivity contribution in [3.05, 3.63) is 54.1 Å². The molecule has 1 saturated heterocycles. The summed E-state index contributed by atoms with van der Waals surface area (Å²) >= 11 is 0. The summed E-state index contributed by atoms with van der Waals surface area (Å²) in [4.78, 5) is 26.8. The number of nitrogens with zero attached hydrogens (tertiary/aromatic N) is 1. The number of urea groups is 1. The molecule has 0 aliphatic carbocycles. The number of hydrogen-bond acceptors (Lipinski definition) is 4. The number of carbonyl (C=O) groups excluding carboxylic acids is 2. The minimum absolute atomic E-state index is 0.119. The molecule has 1 atom stereocenters. The second-order valence-electron chi connectivity index (χ2n) is 6.88. The van der Waals surface area contributed by atoms with E-state index < -0.39 is 6.04 Å². The van der Waals surface area contributed by atoms with Crippen LogP contribution in [0.5, 0.6) is 11.5 Å². The maximum atomic E-state index is 12.6. The lowest BCUT2D eigenvalue weighted by atomic mass is 10.1. The van der Waals surface area contributed by atoms with Crippen LogP contribution >= 0.6 is 0 Å². The lowest BCUT2D eigenvalue weighted by Gasteiger charge is -2.24. The van der Waals surface area contributed by atoms with E-state index in [1.54, 1.807) is 19.1 Å². The van der Waals surface area contributed by atoms with E-state index >= 15 is 0 Å². The summed E-state index contributed by atoms with van der Waals surface area (Å²) in [6, 6.07) is 14.3. The topological polar surface area (TPSA) is 79.9 Å². The smallest absolute Gasteiger partial charge is 0.322 e. The number of rotatable bonds is 7. The van der Waals surface area contributed by atoms with E-state index in [9.17, 15) is 9.59 Å². The number of nitrogens with one attached hydrogen (secondary N) is 2. The fraction of sp³-hybridized carbons (Fsp3) is 0.364. The van der Waals surface area contributed by atoms with Gasteiger partial charge in [-0.15, -0.1) is 0 Å². The number of ether oxygens (including phenoxy) is 2. The molecule has 7 heteroatoms. The van der Waals surface area contributed by atoms with E-state index in [-0.39, 0.29) is 11.9 Å². The summed E-state index contributed by atoms with van der Waals surface area (Å²) in [6.45, 7) is 1.06. The van der Waals surface area contributed by atoms with E-state index in [4.69, 9.17) is 9.47 Å². The van der Waals surface area contributed by atoms with Crippen LogP contribution in [0.15, 0.2) is 48.5 Å². The van der Waals surface area contributed by atoms with Gasteiger partial charge in [-0.2, -0.15) is 0 Å². The van der Waals surface area contributed by atoms with Crippen LogP contribution in [0.4, 0.5) is 10.5 Å². The van der Waals surface area contributed by atoms with Crippen LogP contribution < -0.4 is 20.1 Å². The minimum Gasteiger partial charge on any atom is -0.493 e. The molecule has 1 aliphatic rings. The SMILES string of the molecule is COc1ccc(CCNC(=O)[C@@H]2CCCN2C(=O)Nc2ccccc2)cc1OC. The van der Waals surface area contributed by atoms with E-state index in [1.807, 2.05) is 48.5 Å². The lowest BCUT2D eigenvalue weighted by Crippen LogP contribution is -2.47. The van der Waals surface area contributed by atoms with Crippen molar-refractivity contribution in [3.8, 4) is 11.5 Å². The quantitative estimate of drug-likeness (QED) is 0.753. The number of methoxy groups -OCH3 is 2. The third kappa shape index (κ3) is 5.19. The Morgan fingerprint density at radius 3 is 2.55 bits per heavy atom. The molecule has 1 aliphatic heterocycles. The zero-order valence-electron chi connectivity index (χ0n) is 16.8. The van der Waals surface area contributed by atoms with Gasteiger partial charge in [-0.1, -0.05) is 24.3 Å². The number of likely N-dealkylation sites (tertiary alicyclic amines) is 1. The minimum atomic E-state index is -0.441. The van der Waals surface area contributed by atoms with E-state index in [0.29, 0.717) is 37.4 Å².